The Kier molecular flexibility index (Phi) is 10.0. The first-order chi connectivity index (χ1) is 14.4. The number of thiophene rings is 1. The van der Waals surface area contributed by atoms with Crippen molar-refractivity contribution in [1.82, 2.24) is 15.5 Å². The molecular weight excluding hydrogens is 526 g/mol. The van der Waals surface area contributed by atoms with Gasteiger partial charge in [0.15, 0.2) is 17.5 Å². The number of likely N-dealkylation sites (tertiary alicyclic amines) is 1. The Morgan fingerprint density at radius 1 is 1.29 bits per heavy atom. The maximum atomic E-state index is 13.9. The second-order valence-electron chi connectivity index (χ2n) is 8.45. The highest BCUT2D eigenvalue weighted by molar-refractivity contribution is 14.0. The highest BCUT2D eigenvalue weighted by atomic mass is 127. The van der Waals surface area contributed by atoms with Crippen molar-refractivity contribution < 1.29 is 9.13 Å². The summed E-state index contributed by atoms with van der Waals surface area (Å²) in [5.41, 5.74) is 1.04. The Hall–Kier alpha value is -1.39. The smallest absolute Gasteiger partial charge is 0.191 e. The minimum absolute atomic E-state index is 0. The van der Waals surface area contributed by atoms with Gasteiger partial charge in [0.2, 0.25) is 0 Å². The van der Waals surface area contributed by atoms with Crippen LogP contribution in [0.3, 0.4) is 0 Å². The predicted octanol–water partition coefficient (Wildman–Crippen LogP) is 4.62. The molecule has 5 nitrogen and oxygen atoms in total. The largest absolute Gasteiger partial charge is 0.494 e. The van der Waals surface area contributed by atoms with Crippen LogP contribution in [-0.4, -0.2) is 50.7 Å². The Morgan fingerprint density at radius 2 is 2.03 bits per heavy atom. The standard InChI is InChI=1S/C23H33FN4OS.HI/c1-23(2,21-6-5-13-30-21)16-26-22(25-3)27-18-9-11-28(12-10-18)15-17-7-8-20(29-4)19(24)14-17;/h5-8,13-14,18H,9-12,15-16H2,1-4H3,(H2,25,26,27);1H. The number of nitrogens with zero attached hydrogens (tertiary/aromatic N) is 2. The van der Waals surface area contributed by atoms with Gasteiger partial charge in [-0.25, -0.2) is 4.39 Å². The molecule has 172 valence electrons. The van der Waals surface area contributed by atoms with Crippen molar-refractivity contribution in [3.63, 3.8) is 0 Å². The van der Waals surface area contributed by atoms with Crippen molar-refractivity contribution in [3.8, 4) is 5.75 Å². The number of nitrogens with one attached hydrogen (secondary N) is 2. The molecule has 2 aromatic rings. The molecule has 0 saturated carbocycles. The summed E-state index contributed by atoms with van der Waals surface area (Å²) in [6, 6.07) is 9.89. The molecule has 0 aliphatic carbocycles. The SMILES string of the molecule is CN=C(NCC(C)(C)c1cccs1)NC1CCN(Cc2ccc(OC)c(F)c2)CC1.I. The van der Waals surface area contributed by atoms with E-state index in [4.69, 9.17) is 4.74 Å². The maximum absolute atomic E-state index is 13.9. The van der Waals surface area contributed by atoms with Crippen molar-refractivity contribution in [3.05, 3.63) is 52.0 Å². The quantitative estimate of drug-likeness (QED) is 0.295. The summed E-state index contributed by atoms with van der Waals surface area (Å²) in [4.78, 5) is 8.15. The van der Waals surface area contributed by atoms with Crippen molar-refractivity contribution in [2.45, 2.75) is 44.7 Å². The zero-order chi connectivity index (χ0) is 21.6. The Balaban J connectivity index is 0.00000341. The molecule has 1 saturated heterocycles. The van der Waals surface area contributed by atoms with Crippen LogP contribution in [0, 0.1) is 5.82 Å². The number of aliphatic imine (C=N–C) groups is 1. The number of methoxy groups -OCH3 is 1. The van der Waals surface area contributed by atoms with E-state index in [1.54, 1.807) is 23.5 Å². The van der Waals surface area contributed by atoms with E-state index in [2.05, 4.69) is 51.9 Å². The first-order valence-corrected chi connectivity index (χ1v) is 11.3. The third-order valence-electron chi connectivity index (χ3n) is 5.66. The van der Waals surface area contributed by atoms with Crippen LogP contribution in [-0.2, 0) is 12.0 Å². The number of guanidine groups is 1. The molecule has 1 aromatic carbocycles. The lowest BCUT2D eigenvalue weighted by Gasteiger charge is -2.33. The fourth-order valence-corrected chi connectivity index (χ4v) is 4.60. The van der Waals surface area contributed by atoms with E-state index in [0.717, 1.165) is 50.5 Å². The number of piperidine rings is 1. The molecule has 0 unspecified atom stereocenters. The molecule has 1 fully saturated rings. The Morgan fingerprint density at radius 3 is 2.61 bits per heavy atom. The van der Waals surface area contributed by atoms with E-state index in [9.17, 15) is 4.39 Å². The normalized spacial score (nSPS) is 16.0. The van der Waals surface area contributed by atoms with E-state index in [1.807, 2.05) is 13.1 Å². The molecule has 0 radical (unpaired) electrons. The van der Waals surface area contributed by atoms with Gasteiger partial charge in [-0.05, 0) is 42.0 Å². The molecule has 0 bridgehead atoms. The summed E-state index contributed by atoms with van der Waals surface area (Å²) in [6.07, 6.45) is 2.07. The number of rotatable bonds is 7. The highest BCUT2D eigenvalue weighted by Gasteiger charge is 2.24. The average molecular weight is 561 g/mol. The maximum Gasteiger partial charge on any atom is 0.191 e. The van der Waals surface area contributed by atoms with Crippen LogP contribution >= 0.6 is 35.3 Å². The van der Waals surface area contributed by atoms with Crippen molar-refractivity contribution >= 4 is 41.3 Å². The summed E-state index contributed by atoms with van der Waals surface area (Å²) in [5.74, 6) is 0.852. The molecule has 31 heavy (non-hydrogen) atoms. The highest BCUT2D eigenvalue weighted by Crippen LogP contribution is 2.26. The summed E-state index contributed by atoms with van der Waals surface area (Å²) >= 11 is 1.79. The average Bonchev–Trinajstić information content (AvgIpc) is 3.28. The van der Waals surface area contributed by atoms with E-state index in [-0.39, 0.29) is 35.2 Å². The van der Waals surface area contributed by atoms with E-state index >= 15 is 0 Å². The third kappa shape index (κ3) is 7.32. The zero-order valence-corrected chi connectivity index (χ0v) is 21.9. The van der Waals surface area contributed by atoms with Crippen LogP contribution in [0.5, 0.6) is 5.75 Å². The number of ether oxygens (including phenoxy) is 1. The zero-order valence-electron chi connectivity index (χ0n) is 18.8. The molecule has 1 aliphatic heterocycles. The van der Waals surface area contributed by atoms with E-state index in [0.29, 0.717) is 11.8 Å². The molecule has 1 aromatic heterocycles. The van der Waals surface area contributed by atoms with Crippen LogP contribution in [0.4, 0.5) is 4.39 Å². The molecular formula is C23H34FIN4OS. The molecule has 2 heterocycles. The van der Waals surface area contributed by atoms with Crippen LogP contribution in [0.2, 0.25) is 0 Å². The minimum atomic E-state index is -0.299. The van der Waals surface area contributed by atoms with Gasteiger partial charge >= 0.3 is 0 Å². The lowest BCUT2D eigenvalue weighted by Crippen LogP contribution is -2.50. The second kappa shape index (κ2) is 12.0. The number of halogens is 2. The van der Waals surface area contributed by atoms with Gasteiger partial charge in [-0.2, -0.15) is 0 Å². The van der Waals surface area contributed by atoms with Gasteiger partial charge in [-0.15, -0.1) is 35.3 Å². The molecule has 1 aliphatic rings. The summed E-state index contributed by atoms with van der Waals surface area (Å²) in [6.45, 7) is 8.04. The minimum Gasteiger partial charge on any atom is -0.494 e. The van der Waals surface area contributed by atoms with Gasteiger partial charge in [0.1, 0.15) is 0 Å². The van der Waals surface area contributed by atoms with Crippen molar-refractivity contribution in [2.75, 3.05) is 33.8 Å². The Labute approximate surface area is 206 Å². The lowest BCUT2D eigenvalue weighted by molar-refractivity contribution is 0.198. The number of hydrogen-bond acceptors (Lipinski definition) is 4. The molecule has 0 spiro atoms. The number of hydrogen-bond donors (Lipinski definition) is 2. The van der Waals surface area contributed by atoms with E-state index < -0.39 is 0 Å². The summed E-state index contributed by atoms with van der Waals surface area (Å²) in [5, 5.41) is 9.19. The summed E-state index contributed by atoms with van der Waals surface area (Å²) in [7, 11) is 3.31. The van der Waals surface area contributed by atoms with Gasteiger partial charge in [0.25, 0.3) is 0 Å². The van der Waals surface area contributed by atoms with Crippen LogP contribution in [0.15, 0.2) is 40.7 Å². The predicted molar refractivity (Wildman–Crippen MR) is 139 cm³/mol. The monoisotopic (exact) mass is 560 g/mol. The van der Waals surface area contributed by atoms with Gasteiger partial charge in [0, 0.05) is 49.6 Å². The first-order valence-electron chi connectivity index (χ1n) is 10.5. The molecule has 3 rings (SSSR count). The fraction of sp³-hybridized carbons (Fsp3) is 0.522. The van der Waals surface area contributed by atoms with Gasteiger partial charge in [-0.1, -0.05) is 26.0 Å². The topological polar surface area (TPSA) is 48.9 Å². The number of benzene rings is 1. The van der Waals surface area contributed by atoms with Crippen molar-refractivity contribution in [2.24, 2.45) is 4.99 Å². The van der Waals surface area contributed by atoms with Crippen LogP contribution < -0.4 is 15.4 Å². The van der Waals surface area contributed by atoms with E-state index in [1.165, 1.54) is 12.0 Å². The first kappa shape index (κ1) is 25.9. The lowest BCUT2D eigenvalue weighted by atomic mass is 9.91. The second-order valence-corrected chi connectivity index (χ2v) is 9.40. The Bertz CT molecular complexity index is 836. The molecule has 8 heteroatoms. The van der Waals surface area contributed by atoms with Gasteiger partial charge in [0.05, 0.1) is 7.11 Å². The van der Waals surface area contributed by atoms with Gasteiger partial charge in [-0.3, -0.25) is 9.89 Å². The molecule has 0 atom stereocenters. The van der Waals surface area contributed by atoms with Crippen LogP contribution in [0.1, 0.15) is 37.1 Å². The summed E-state index contributed by atoms with van der Waals surface area (Å²) < 4.78 is 18.9. The van der Waals surface area contributed by atoms with Crippen LogP contribution in [0.25, 0.3) is 0 Å². The third-order valence-corrected chi connectivity index (χ3v) is 6.90. The fourth-order valence-electron chi connectivity index (χ4n) is 3.75. The molecule has 0 amide bonds. The van der Waals surface area contributed by atoms with Crippen molar-refractivity contribution in [1.29, 1.82) is 0 Å². The van der Waals surface area contributed by atoms with Gasteiger partial charge < -0.3 is 15.4 Å². The molecule has 2 N–H and O–H groups in total.